The normalized spacial score (nSPS) is 10.9. The van der Waals surface area contributed by atoms with Crippen LogP contribution in [0.2, 0.25) is 0 Å². The second-order valence-electron chi connectivity index (χ2n) is 8.49. The van der Waals surface area contributed by atoms with Gasteiger partial charge in [-0.15, -0.1) is 11.8 Å². The van der Waals surface area contributed by atoms with E-state index in [2.05, 4.69) is 10.6 Å². The van der Waals surface area contributed by atoms with Crippen molar-refractivity contribution in [2.24, 2.45) is 0 Å². The van der Waals surface area contributed by atoms with Gasteiger partial charge in [0.25, 0.3) is 0 Å². The molecule has 0 fully saturated rings. The molecule has 0 aromatic heterocycles. The summed E-state index contributed by atoms with van der Waals surface area (Å²) in [5, 5.41) is 5.63. The van der Waals surface area contributed by atoms with E-state index in [-0.39, 0.29) is 23.3 Å². The van der Waals surface area contributed by atoms with Crippen LogP contribution in [0.25, 0.3) is 0 Å². The smallest absolute Gasteiger partial charge is 0.410 e. The Balaban J connectivity index is 1.77. The number of aryl methyl sites for hydroxylation is 1. The highest BCUT2D eigenvalue weighted by Crippen LogP contribution is 2.15. The number of carbonyl (C=O) groups excluding carboxylic acids is 3. The van der Waals surface area contributed by atoms with E-state index in [1.54, 1.807) is 13.1 Å². The third kappa shape index (κ3) is 9.43. The molecule has 0 spiro atoms. The largest absolute Gasteiger partial charge is 0.444 e. The summed E-state index contributed by atoms with van der Waals surface area (Å²) in [4.78, 5) is 37.9. The maximum absolute atomic E-state index is 12.2. The van der Waals surface area contributed by atoms with Gasteiger partial charge in [-0.05, 0) is 57.5 Å². The number of carbonyl (C=O) groups is 3. The van der Waals surface area contributed by atoms with Crippen LogP contribution >= 0.6 is 11.8 Å². The summed E-state index contributed by atoms with van der Waals surface area (Å²) in [5.74, 6) is -0.0135. The first kappa shape index (κ1) is 25.3. The molecule has 3 amide bonds. The molecule has 32 heavy (non-hydrogen) atoms. The van der Waals surface area contributed by atoms with Crippen molar-refractivity contribution in [1.82, 2.24) is 4.90 Å². The Kier molecular flexibility index (Phi) is 9.13. The van der Waals surface area contributed by atoms with Crippen LogP contribution in [-0.4, -0.2) is 47.0 Å². The molecule has 2 aromatic carbocycles. The highest BCUT2D eigenvalue weighted by molar-refractivity contribution is 8.00. The number of nitrogens with one attached hydrogen (secondary N) is 2. The van der Waals surface area contributed by atoms with Gasteiger partial charge in [0.2, 0.25) is 11.8 Å². The fraction of sp³-hybridized carbons (Fsp3) is 0.375. The van der Waals surface area contributed by atoms with Crippen LogP contribution < -0.4 is 10.6 Å². The van der Waals surface area contributed by atoms with Gasteiger partial charge < -0.3 is 20.3 Å². The molecule has 0 heterocycles. The van der Waals surface area contributed by atoms with E-state index in [1.807, 2.05) is 70.2 Å². The zero-order chi connectivity index (χ0) is 23.7. The standard InChI is InChI=1S/C24H31N3O4S/c1-17-9-11-19(12-10-17)25-21(28)15-32-16-22(29)26-20-8-6-7-18(13-20)14-27(5)23(30)31-24(2,3)4/h6-13H,14-16H2,1-5H3,(H,25,28)(H,26,29). The molecule has 0 saturated heterocycles. The number of benzene rings is 2. The molecule has 0 aliphatic carbocycles. The van der Waals surface area contributed by atoms with Crippen molar-refractivity contribution in [3.8, 4) is 0 Å². The Labute approximate surface area is 193 Å². The number of nitrogens with zero attached hydrogens (tertiary/aromatic N) is 1. The third-order valence-corrected chi connectivity index (χ3v) is 5.07. The first-order valence-electron chi connectivity index (χ1n) is 10.3. The van der Waals surface area contributed by atoms with Gasteiger partial charge in [-0.1, -0.05) is 29.8 Å². The Morgan fingerprint density at radius 1 is 0.938 bits per heavy atom. The number of hydrogen-bond acceptors (Lipinski definition) is 5. The minimum absolute atomic E-state index is 0.154. The summed E-state index contributed by atoms with van der Waals surface area (Å²) in [7, 11) is 1.66. The van der Waals surface area contributed by atoms with Crippen LogP contribution in [0.1, 0.15) is 31.9 Å². The van der Waals surface area contributed by atoms with E-state index in [0.29, 0.717) is 12.2 Å². The molecule has 0 atom stereocenters. The van der Waals surface area contributed by atoms with E-state index in [9.17, 15) is 14.4 Å². The van der Waals surface area contributed by atoms with Gasteiger partial charge in [0.15, 0.2) is 0 Å². The lowest BCUT2D eigenvalue weighted by atomic mass is 10.2. The molecule has 2 N–H and O–H groups in total. The lowest BCUT2D eigenvalue weighted by molar-refractivity contribution is -0.114. The van der Waals surface area contributed by atoms with Crippen LogP contribution in [-0.2, 0) is 20.9 Å². The average molecular weight is 458 g/mol. The summed E-state index contributed by atoms with van der Waals surface area (Å²) >= 11 is 1.24. The minimum Gasteiger partial charge on any atom is -0.444 e. The van der Waals surface area contributed by atoms with Gasteiger partial charge in [0.1, 0.15) is 5.60 Å². The fourth-order valence-corrected chi connectivity index (χ4v) is 3.31. The maximum atomic E-state index is 12.2. The third-order valence-electron chi connectivity index (χ3n) is 4.14. The van der Waals surface area contributed by atoms with E-state index in [4.69, 9.17) is 4.74 Å². The van der Waals surface area contributed by atoms with Gasteiger partial charge in [0.05, 0.1) is 11.5 Å². The Morgan fingerprint density at radius 3 is 2.12 bits per heavy atom. The molecular formula is C24H31N3O4S. The average Bonchev–Trinajstić information content (AvgIpc) is 2.68. The predicted octanol–water partition coefficient (Wildman–Crippen LogP) is 4.67. The molecular weight excluding hydrogens is 426 g/mol. The molecule has 0 saturated carbocycles. The van der Waals surface area contributed by atoms with Gasteiger partial charge >= 0.3 is 6.09 Å². The minimum atomic E-state index is -0.560. The van der Waals surface area contributed by atoms with Crippen molar-refractivity contribution in [3.63, 3.8) is 0 Å². The Bertz CT molecular complexity index is 939. The SMILES string of the molecule is Cc1ccc(NC(=O)CSCC(=O)Nc2cccc(CN(C)C(=O)OC(C)(C)C)c2)cc1. The monoisotopic (exact) mass is 457 g/mol. The molecule has 8 heteroatoms. The van der Waals surface area contributed by atoms with Crippen molar-refractivity contribution >= 4 is 41.0 Å². The lowest BCUT2D eigenvalue weighted by Gasteiger charge is -2.24. The first-order chi connectivity index (χ1) is 15.0. The number of rotatable bonds is 8. The Morgan fingerprint density at radius 2 is 1.53 bits per heavy atom. The van der Waals surface area contributed by atoms with Gasteiger partial charge in [0, 0.05) is 25.0 Å². The van der Waals surface area contributed by atoms with Crippen molar-refractivity contribution < 1.29 is 19.1 Å². The maximum Gasteiger partial charge on any atom is 0.410 e. The summed E-state index contributed by atoms with van der Waals surface area (Å²) in [6.45, 7) is 7.79. The Hall–Kier alpha value is -3.00. The van der Waals surface area contributed by atoms with Crippen molar-refractivity contribution in [2.45, 2.75) is 39.8 Å². The van der Waals surface area contributed by atoms with E-state index in [0.717, 1.165) is 16.8 Å². The van der Waals surface area contributed by atoms with Crippen molar-refractivity contribution in [3.05, 3.63) is 59.7 Å². The molecule has 0 radical (unpaired) electrons. The molecule has 172 valence electrons. The predicted molar refractivity (Wildman–Crippen MR) is 130 cm³/mol. The summed E-state index contributed by atoms with van der Waals surface area (Å²) in [5.41, 5.74) is 2.79. The quantitative estimate of drug-likeness (QED) is 0.601. The molecule has 2 aromatic rings. The highest BCUT2D eigenvalue weighted by Gasteiger charge is 2.19. The van der Waals surface area contributed by atoms with Crippen LogP contribution in [0.15, 0.2) is 48.5 Å². The van der Waals surface area contributed by atoms with E-state index < -0.39 is 11.7 Å². The van der Waals surface area contributed by atoms with Crippen LogP contribution in [0.4, 0.5) is 16.2 Å². The molecule has 0 aliphatic heterocycles. The van der Waals surface area contributed by atoms with Gasteiger partial charge in [-0.2, -0.15) is 0 Å². The fourth-order valence-electron chi connectivity index (χ4n) is 2.69. The number of amides is 3. The first-order valence-corrected chi connectivity index (χ1v) is 11.4. The van der Waals surface area contributed by atoms with E-state index >= 15 is 0 Å². The van der Waals surface area contributed by atoms with Crippen LogP contribution in [0.3, 0.4) is 0 Å². The lowest BCUT2D eigenvalue weighted by Crippen LogP contribution is -2.33. The second kappa shape index (κ2) is 11.6. The zero-order valence-electron chi connectivity index (χ0n) is 19.2. The zero-order valence-corrected chi connectivity index (χ0v) is 20.0. The van der Waals surface area contributed by atoms with Gasteiger partial charge in [-0.3, -0.25) is 9.59 Å². The molecule has 2 rings (SSSR count). The number of hydrogen-bond donors (Lipinski definition) is 2. The number of thioether (sulfide) groups is 1. The molecule has 0 unspecified atom stereocenters. The topological polar surface area (TPSA) is 87.7 Å². The molecule has 7 nitrogen and oxygen atoms in total. The van der Waals surface area contributed by atoms with Crippen LogP contribution in [0, 0.1) is 6.92 Å². The summed E-state index contributed by atoms with van der Waals surface area (Å²) < 4.78 is 5.35. The van der Waals surface area contributed by atoms with Crippen LogP contribution in [0.5, 0.6) is 0 Å². The second-order valence-corrected chi connectivity index (χ2v) is 9.48. The number of anilines is 2. The van der Waals surface area contributed by atoms with Crippen molar-refractivity contribution in [2.75, 3.05) is 29.2 Å². The summed E-state index contributed by atoms with van der Waals surface area (Å²) in [6.07, 6.45) is -0.410. The highest BCUT2D eigenvalue weighted by atomic mass is 32.2. The molecule has 0 aliphatic rings. The van der Waals surface area contributed by atoms with E-state index in [1.165, 1.54) is 16.7 Å². The number of ether oxygens (including phenoxy) is 1. The summed E-state index contributed by atoms with van der Waals surface area (Å²) in [6, 6.07) is 14.8. The van der Waals surface area contributed by atoms with Crippen molar-refractivity contribution in [1.29, 1.82) is 0 Å². The molecule has 0 bridgehead atoms. The van der Waals surface area contributed by atoms with Gasteiger partial charge in [-0.25, -0.2) is 4.79 Å².